The van der Waals surface area contributed by atoms with Crippen molar-refractivity contribution < 1.29 is 0 Å². The van der Waals surface area contributed by atoms with E-state index in [9.17, 15) is 0 Å². The second kappa shape index (κ2) is 7.47. The molecule has 3 heterocycles. The third-order valence-corrected chi connectivity index (χ3v) is 6.31. The third-order valence-electron chi connectivity index (χ3n) is 5.23. The summed E-state index contributed by atoms with van der Waals surface area (Å²) in [6.45, 7) is 7.74. The molecular formula is C21H28N4S. The molecule has 0 unspecified atom stereocenters. The van der Waals surface area contributed by atoms with E-state index in [1.54, 1.807) is 17.7 Å². The van der Waals surface area contributed by atoms with Crippen LogP contribution in [0.5, 0.6) is 0 Å². The van der Waals surface area contributed by atoms with E-state index in [1.165, 1.54) is 52.6 Å². The summed E-state index contributed by atoms with van der Waals surface area (Å²) in [5.41, 5.74) is 5.44. The number of unbranched alkanes of at least 4 members (excludes halogenated alkanes) is 1. The van der Waals surface area contributed by atoms with Crippen molar-refractivity contribution in [3.63, 3.8) is 0 Å². The molecular weight excluding hydrogens is 340 g/mol. The van der Waals surface area contributed by atoms with E-state index in [-0.39, 0.29) is 0 Å². The van der Waals surface area contributed by atoms with Crippen molar-refractivity contribution in [3.8, 4) is 0 Å². The van der Waals surface area contributed by atoms with Crippen LogP contribution < -0.4 is 5.32 Å². The van der Waals surface area contributed by atoms with Crippen molar-refractivity contribution in [2.24, 2.45) is 5.92 Å². The highest BCUT2D eigenvalue weighted by Gasteiger charge is 2.23. The Balaban J connectivity index is 1.90. The van der Waals surface area contributed by atoms with Crippen LogP contribution in [0.1, 0.15) is 63.3 Å². The van der Waals surface area contributed by atoms with Crippen LogP contribution in [-0.2, 0) is 19.3 Å². The van der Waals surface area contributed by atoms with Gasteiger partial charge < -0.3 is 5.32 Å². The van der Waals surface area contributed by atoms with Gasteiger partial charge >= 0.3 is 0 Å². The minimum Gasteiger partial charge on any atom is -0.369 e. The van der Waals surface area contributed by atoms with Gasteiger partial charge in [-0.3, -0.25) is 0 Å². The molecule has 1 N–H and O–H groups in total. The average molecular weight is 369 g/mol. The van der Waals surface area contributed by atoms with Crippen LogP contribution >= 0.6 is 11.3 Å². The first-order valence-corrected chi connectivity index (χ1v) is 10.8. The number of thiophene rings is 1. The minimum absolute atomic E-state index is 0.631. The molecule has 4 rings (SSSR count). The molecule has 1 aliphatic carbocycles. The average Bonchev–Trinajstić information content (AvgIpc) is 3.01. The molecule has 0 fully saturated rings. The summed E-state index contributed by atoms with van der Waals surface area (Å²) in [4.78, 5) is 15.5. The molecule has 0 spiro atoms. The van der Waals surface area contributed by atoms with E-state index in [2.05, 4.69) is 36.1 Å². The molecule has 5 heteroatoms. The summed E-state index contributed by atoms with van der Waals surface area (Å²) in [5, 5.41) is 4.81. The van der Waals surface area contributed by atoms with E-state index >= 15 is 0 Å². The first kappa shape index (κ1) is 17.7. The van der Waals surface area contributed by atoms with Crippen molar-refractivity contribution >= 4 is 37.6 Å². The standard InChI is InChI=1S/C21H28N4S/c1-4-5-10-22-20-19-18(23-12-24-20)17-15-9-7-6-8-14(15)16(11-13(2)3)25-21(17)26-19/h12-13H,4-11H2,1-3H3,(H,22,23,24). The molecule has 0 aliphatic heterocycles. The molecule has 0 amide bonds. The van der Waals surface area contributed by atoms with Gasteiger partial charge in [0.05, 0.1) is 10.2 Å². The molecule has 0 saturated carbocycles. The Morgan fingerprint density at radius 3 is 2.73 bits per heavy atom. The smallest absolute Gasteiger partial charge is 0.147 e. The molecule has 3 aromatic rings. The van der Waals surface area contributed by atoms with Gasteiger partial charge in [-0.1, -0.05) is 27.2 Å². The Bertz CT molecular complexity index is 929. The van der Waals surface area contributed by atoms with Gasteiger partial charge in [0.1, 0.15) is 17.0 Å². The molecule has 26 heavy (non-hydrogen) atoms. The van der Waals surface area contributed by atoms with Crippen molar-refractivity contribution in [3.05, 3.63) is 23.1 Å². The zero-order valence-electron chi connectivity index (χ0n) is 16.1. The number of nitrogens with zero attached hydrogens (tertiary/aromatic N) is 3. The fourth-order valence-electron chi connectivity index (χ4n) is 4.00. The molecule has 0 saturated heterocycles. The lowest BCUT2D eigenvalue weighted by Crippen LogP contribution is -2.11. The van der Waals surface area contributed by atoms with Crippen LogP contribution in [0.15, 0.2) is 6.33 Å². The molecule has 138 valence electrons. The number of aryl methyl sites for hydroxylation is 1. The predicted molar refractivity (Wildman–Crippen MR) is 111 cm³/mol. The van der Waals surface area contributed by atoms with E-state index < -0.39 is 0 Å². The summed E-state index contributed by atoms with van der Waals surface area (Å²) >= 11 is 1.76. The fourth-order valence-corrected chi connectivity index (χ4v) is 5.15. The van der Waals surface area contributed by atoms with E-state index in [4.69, 9.17) is 4.98 Å². The Hall–Kier alpha value is -1.75. The third kappa shape index (κ3) is 3.18. The van der Waals surface area contributed by atoms with Crippen molar-refractivity contribution in [1.29, 1.82) is 0 Å². The number of nitrogens with one attached hydrogen (secondary N) is 1. The zero-order valence-corrected chi connectivity index (χ0v) is 16.9. The molecule has 0 bridgehead atoms. The largest absolute Gasteiger partial charge is 0.369 e. The van der Waals surface area contributed by atoms with Gasteiger partial charge in [-0.25, -0.2) is 15.0 Å². The fraction of sp³-hybridized carbons (Fsp3) is 0.571. The van der Waals surface area contributed by atoms with Crippen LogP contribution in [0.3, 0.4) is 0 Å². The van der Waals surface area contributed by atoms with Crippen LogP contribution in [0.2, 0.25) is 0 Å². The van der Waals surface area contributed by atoms with E-state index in [0.29, 0.717) is 5.92 Å². The summed E-state index contributed by atoms with van der Waals surface area (Å²) in [5.74, 6) is 1.60. The number of hydrogen-bond donors (Lipinski definition) is 1. The van der Waals surface area contributed by atoms with Crippen LogP contribution in [0, 0.1) is 5.92 Å². The lowest BCUT2D eigenvalue weighted by molar-refractivity contribution is 0.615. The number of fused-ring (bicyclic) bond motifs is 5. The second-order valence-electron chi connectivity index (χ2n) is 7.78. The van der Waals surface area contributed by atoms with Gasteiger partial charge in [-0.15, -0.1) is 11.3 Å². The molecule has 0 atom stereocenters. The predicted octanol–water partition coefficient (Wildman–Crippen LogP) is 5.53. The highest BCUT2D eigenvalue weighted by Crippen LogP contribution is 2.41. The number of aromatic nitrogens is 3. The van der Waals surface area contributed by atoms with Gasteiger partial charge in [0.2, 0.25) is 0 Å². The van der Waals surface area contributed by atoms with Gasteiger partial charge in [0, 0.05) is 17.6 Å². The molecule has 4 nitrogen and oxygen atoms in total. The lowest BCUT2D eigenvalue weighted by atomic mass is 9.87. The van der Waals surface area contributed by atoms with Crippen molar-refractivity contribution in [2.45, 2.75) is 65.7 Å². The Morgan fingerprint density at radius 1 is 1.15 bits per heavy atom. The van der Waals surface area contributed by atoms with Crippen LogP contribution in [0.4, 0.5) is 5.82 Å². The number of hydrogen-bond acceptors (Lipinski definition) is 5. The maximum absolute atomic E-state index is 5.13. The Morgan fingerprint density at radius 2 is 1.96 bits per heavy atom. The van der Waals surface area contributed by atoms with Crippen molar-refractivity contribution in [2.75, 3.05) is 11.9 Å². The van der Waals surface area contributed by atoms with Gasteiger partial charge in [-0.2, -0.15) is 0 Å². The molecule has 0 radical (unpaired) electrons. The highest BCUT2D eigenvalue weighted by molar-refractivity contribution is 7.26. The van der Waals surface area contributed by atoms with Gasteiger partial charge in [0.25, 0.3) is 0 Å². The lowest BCUT2D eigenvalue weighted by Gasteiger charge is -2.20. The minimum atomic E-state index is 0.631. The van der Waals surface area contributed by atoms with Crippen LogP contribution in [-0.4, -0.2) is 21.5 Å². The highest BCUT2D eigenvalue weighted by atomic mass is 32.1. The first-order chi connectivity index (χ1) is 12.7. The molecule has 3 aromatic heterocycles. The monoisotopic (exact) mass is 368 g/mol. The summed E-state index contributed by atoms with van der Waals surface area (Å²) in [6, 6.07) is 0. The van der Waals surface area contributed by atoms with Crippen LogP contribution in [0.25, 0.3) is 20.4 Å². The number of anilines is 1. The summed E-state index contributed by atoms with van der Waals surface area (Å²) in [6.07, 6.45) is 10.0. The number of pyridine rings is 1. The summed E-state index contributed by atoms with van der Waals surface area (Å²) in [7, 11) is 0. The zero-order chi connectivity index (χ0) is 18.1. The summed E-state index contributed by atoms with van der Waals surface area (Å²) < 4.78 is 1.17. The normalized spacial score (nSPS) is 14.3. The Kier molecular flexibility index (Phi) is 5.07. The molecule has 1 aliphatic rings. The van der Waals surface area contributed by atoms with Crippen molar-refractivity contribution in [1.82, 2.24) is 15.0 Å². The number of rotatable bonds is 6. The maximum atomic E-state index is 5.13. The Labute approximate surface area is 159 Å². The first-order valence-electron chi connectivity index (χ1n) is 10.0. The van der Waals surface area contributed by atoms with Gasteiger partial charge in [-0.05, 0) is 55.6 Å². The second-order valence-corrected chi connectivity index (χ2v) is 8.78. The van der Waals surface area contributed by atoms with E-state index in [1.807, 2.05) is 0 Å². The van der Waals surface area contributed by atoms with E-state index in [0.717, 1.165) is 42.0 Å². The van der Waals surface area contributed by atoms with Gasteiger partial charge in [0.15, 0.2) is 0 Å². The quantitative estimate of drug-likeness (QED) is 0.581. The SMILES string of the molecule is CCCCNc1ncnc2c1sc1nc(CC(C)C)c3c(c12)CCCC3. The maximum Gasteiger partial charge on any atom is 0.147 e. The molecule has 0 aromatic carbocycles. The topological polar surface area (TPSA) is 50.7 Å².